The normalized spacial score (nSPS) is 23.3. The smallest absolute Gasteiger partial charge is 0.205 e. The van der Waals surface area contributed by atoms with Crippen LogP contribution in [0.4, 0.5) is 0 Å². The molecule has 2 atom stereocenters. The van der Waals surface area contributed by atoms with Gasteiger partial charge in [-0.05, 0) is 22.3 Å². The molecule has 2 N–H and O–H groups in total. The minimum absolute atomic E-state index is 0.0483. The Morgan fingerprint density at radius 3 is 2.68 bits per heavy atom. The first-order valence-electron chi connectivity index (χ1n) is 8.41. The third-order valence-corrected chi connectivity index (χ3v) is 4.97. The van der Waals surface area contributed by atoms with Crippen molar-refractivity contribution in [2.75, 3.05) is 0 Å². The van der Waals surface area contributed by atoms with E-state index in [1.54, 1.807) is 0 Å². The van der Waals surface area contributed by atoms with Crippen LogP contribution < -0.4 is 5.73 Å². The molecule has 0 aromatic heterocycles. The minimum atomic E-state index is -0.446. The number of hydrogen-bond donors (Lipinski definition) is 1. The summed E-state index contributed by atoms with van der Waals surface area (Å²) in [6.07, 6.45) is 1.15. The van der Waals surface area contributed by atoms with E-state index < -0.39 is 5.92 Å². The van der Waals surface area contributed by atoms with Gasteiger partial charge in [0.1, 0.15) is 17.4 Å². The first-order chi connectivity index (χ1) is 12.1. The predicted molar refractivity (Wildman–Crippen MR) is 95.0 cm³/mol. The standard InChI is InChI=1S/C21H18N2O2/c1-12-8-17(24)20-18(9-12)25-21(23)16(11-22)19(20)15-7-6-13-4-2-3-5-14(13)10-15/h2-7,10,12,19H,8-9,23H2,1H3/t12-,19-/m0/s1. The molecular weight excluding hydrogens is 312 g/mol. The van der Waals surface area contributed by atoms with Crippen molar-refractivity contribution in [1.82, 2.24) is 0 Å². The van der Waals surface area contributed by atoms with Crippen molar-refractivity contribution in [3.05, 3.63) is 70.8 Å². The third-order valence-electron chi connectivity index (χ3n) is 4.97. The summed E-state index contributed by atoms with van der Waals surface area (Å²) in [5.74, 6) is 0.560. The zero-order valence-corrected chi connectivity index (χ0v) is 14.0. The number of ketones is 1. The number of benzene rings is 2. The maximum Gasteiger partial charge on any atom is 0.205 e. The van der Waals surface area contributed by atoms with E-state index in [-0.39, 0.29) is 17.6 Å². The van der Waals surface area contributed by atoms with Crippen LogP contribution in [-0.2, 0) is 9.53 Å². The average molecular weight is 330 g/mol. The number of Topliss-reactive ketones (excluding diaryl/α,β-unsaturated/α-hetero) is 1. The van der Waals surface area contributed by atoms with E-state index >= 15 is 0 Å². The number of nitrogens with zero attached hydrogens (tertiary/aromatic N) is 1. The number of carbonyl (C=O) groups is 1. The van der Waals surface area contributed by atoms with Gasteiger partial charge in [0, 0.05) is 18.4 Å². The van der Waals surface area contributed by atoms with E-state index in [1.807, 2.05) is 49.4 Å². The second-order valence-corrected chi connectivity index (χ2v) is 6.80. The largest absolute Gasteiger partial charge is 0.444 e. The fourth-order valence-corrected chi connectivity index (χ4v) is 3.81. The van der Waals surface area contributed by atoms with E-state index in [9.17, 15) is 10.1 Å². The molecule has 1 aliphatic heterocycles. The number of fused-ring (bicyclic) bond motifs is 1. The Hall–Kier alpha value is -3.06. The molecule has 0 fully saturated rings. The van der Waals surface area contributed by atoms with Crippen LogP contribution in [0.2, 0.25) is 0 Å². The van der Waals surface area contributed by atoms with Gasteiger partial charge in [0.05, 0.1) is 5.92 Å². The Morgan fingerprint density at radius 2 is 1.92 bits per heavy atom. The third kappa shape index (κ3) is 2.49. The van der Waals surface area contributed by atoms with E-state index in [1.165, 1.54) is 0 Å². The number of allylic oxidation sites excluding steroid dienone is 3. The molecule has 0 radical (unpaired) electrons. The van der Waals surface area contributed by atoms with Crippen LogP contribution in [0.5, 0.6) is 0 Å². The summed E-state index contributed by atoms with van der Waals surface area (Å²) in [5.41, 5.74) is 7.83. The van der Waals surface area contributed by atoms with Crippen LogP contribution in [0.1, 0.15) is 31.2 Å². The number of ether oxygens (including phenoxy) is 1. The molecule has 0 spiro atoms. The van der Waals surface area contributed by atoms with Crippen LogP contribution >= 0.6 is 0 Å². The van der Waals surface area contributed by atoms with E-state index in [4.69, 9.17) is 10.5 Å². The summed E-state index contributed by atoms with van der Waals surface area (Å²) in [5, 5.41) is 11.8. The number of nitrogens with two attached hydrogens (primary N) is 1. The molecule has 2 aliphatic rings. The second kappa shape index (κ2) is 5.78. The van der Waals surface area contributed by atoms with Crippen molar-refractivity contribution in [3.8, 4) is 6.07 Å². The van der Waals surface area contributed by atoms with E-state index in [2.05, 4.69) is 6.07 Å². The highest BCUT2D eigenvalue weighted by atomic mass is 16.5. The maximum atomic E-state index is 12.7. The molecule has 4 heteroatoms. The Bertz CT molecular complexity index is 994. The molecule has 25 heavy (non-hydrogen) atoms. The Balaban J connectivity index is 1.92. The summed E-state index contributed by atoms with van der Waals surface area (Å²) in [6, 6.07) is 16.2. The van der Waals surface area contributed by atoms with Gasteiger partial charge in [-0.25, -0.2) is 0 Å². The molecule has 0 amide bonds. The van der Waals surface area contributed by atoms with Crippen LogP contribution in [-0.4, -0.2) is 5.78 Å². The molecule has 1 aliphatic carbocycles. The fraction of sp³-hybridized carbons (Fsp3) is 0.238. The molecule has 124 valence electrons. The highest BCUT2D eigenvalue weighted by Gasteiger charge is 2.39. The lowest BCUT2D eigenvalue weighted by molar-refractivity contribution is -0.117. The van der Waals surface area contributed by atoms with Gasteiger partial charge in [0.2, 0.25) is 5.88 Å². The summed E-state index contributed by atoms with van der Waals surface area (Å²) >= 11 is 0. The number of nitriles is 1. The first-order valence-corrected chi connectivity index (χ1v) is 8.41. The lowest BCUT2D eigenvalue weighted by Gasteiger charge is -2.33. The molecule has 0 unspecified atom stereocenters. The summed E-state index contributed by atoms with van der Waals surface area (Å²) in [7, 11) is 0. The Kier molecular flexibility index (Phi) is 3.58. The number of rotatable bonds is 1. The molecule has 0 saturated carbocycles. The molecule has 4 nitrogen and oxygen atoms in total. The van der Waals surface area contributed by atoms with Gasteiger partial charge in [-0.3, -0.25) is 4.79 Å². The lowest BCUT2D eigenvalue weighted by atomic mass is 9.75. The Morgan fingerprint density at radius 1 is 1.16 bits per heavy atom. The van der Waals surface area contributed by atoms with Crippen LogP contribution in [0.15, 0.2) is 65.3 Å². The SMILES string of the molecule is C[C@H]1CC(=O)C2=C(C1)OC(N)=C(C#N)[C@@H]2c1ccc2ccccc2c1. The van der Waals surface area contributed by atoms with Gasteiger partial charge in [0.25, 0.3) is 0 Å². The number of hydrogen-bond acceptors (Lipinski definition) is 4. The van der Waals surface area contributed by atoms with Gasteiger partial charge in [-0.1, -0.05) is 49.4 Å². The zero-order chi connectivity index (χ0) is 17.6. The average Bonchev–Trinajstić information content (AvgIpc) is 2.59. The van der Waals surface area contributed by atoms with E-state index in [0.717, 1.165) is 16.3 Å². The maximum absolute atomic E-state index is 12.7. The predicted octanol–water partition coefficient (Wildman–Crippen LogP) is 3.90. The lowest BCUT2D eigenvalue weighted by Crippen LogP contribution is -2.29. The second-order valence-electron chi connectivity index (χ2n) is 6.80. The summed E-state index contributed by atoms with van der Waals surface area (Å²) < 4.78 is 5.67. The molecular formula is C21H18N2O2. The zero-order valence-electron chi connectivity index (χ0n) is 14.0. The number of carbonyl (C=O) groups excluding carboxylic acids is 1. The van der Waals surface area contributed by atoms with Gasteiger partial charge < -0.3 is 10.5 Å². The topological polar surface area (TPSA) is 76.1 Å². The highest BCUT2D eigenvalue weighted by Crippen LogP contribution is 2.44. The van der Waals surface area contributed by atoms with Gasteiger partial charge in [-0.2, -0.15) is 5.26 Å². The van der Waals surface area contributed by atoms with Crippen LogP contribution in [0, 0.1) is 17.2 Å². The van der Waals surface area contributed by atoms with Crippen molar-refractivity contribution >= 4 is 16.6 Å². The first kappa shape index (κ1) is 15.5. The molecule has 0 bridgehead atoms. The van der Waals surface area contributed by atoms with Crippen molar-refractivity contribution in [2.45, 2.75) is 25.7 Å². The van der Waals surface area contributed by atoms with Crippen molar-refractivity contribution in [1.29, 1.82) is 5.26 Å². The minimum Gasteiger partial charge on any atom is -0.444 e. The van der Waals surface area contributed by atoms with Gasteiger partial charge >= 0.3 is 0 Å². The molecule has 2 aromatic rings. The molecule has 0 saturated heterocycles. The van der Waals surface area contributed by atoms with E-state index in [0.29, 0.717) is 29.7 Å². The highest BCUT2D eigenvalue weighted by molar-refractivity contribution is 6.00. The van der Waals surface area contributed by atoms with Gasteiger partial charge in [0.15, 0.2) is 5.78 Å². The van der Waals surface area contributed by atoms with Crippen molar-refractivity contribution in [2.24, 2.45) is 11.7 Å². The fourth-order valence-electron chi connectivity index (χ4n) is 3.81. The molecule has 4 rings (SSSR count). The van der Waals surface area contributed by atoms with Crippen LogP contribution in [0.25, 0.3) is 10.8 Å². The van der Waals surface area contributed by atoms with Crippen LogP contribution in [0.3, 0.4) is 0 Å². The summed E-state index contributed by atoms with van der Waals surface area (Å²) in [4.78, 5) is 12.7. The monoisotopic (exact) mass is 330 g/mol. The van der Waals surface area contributed by atoms with Gasteiger partial charge in [-0.15, -0.1) is 0 Å². The molecule has 1 heterocycles. The summed E-state index contributed by atoms with van der Waals surface area (Å²) in [6.45, 7) is 2.02. The quantitative estimate of drug-likeness (QED) is 0.860. The molecule has 2 aromatic carbocycles. The Labute approximate surface area is 146 Å². The van der Waals surface area contributed by atoms with Crippen molar-refractivity contribution in [3.63, 3.8) is 0 Å². The van der Waals surface area contributed by atoms with Crippen molar-refractivity contribution < 1.29 is 9.53 Å².